The van der Waals surface area contributed by atoms with Gasteiger partial charge in [0.15, 0.2) is 5.76 Å². The summed E-state index contributed by atoms with van der Waals surface area (Å²) >= 11 is 0. The second-order valence-corrected chi connectivity index (χ2v) is 5.61. The number of carbonyl (C=O) groups is 1. The Labute approximate surface area is 153 Å². The van der Waals surface area contributed by atoms with Crippen LogP contribution in [0, 0.1) is 0 Å². The van der Waals surface area contributed by atoms with Crippen molar-refractivity contribution < 1.29 is 13.9 Å². The van der Waals surface area contributed by atoms with Crippen molar-refractivity contribution in [3.63, 3.8) is 0 Å². The van der Waals surface area contributed by atoms with E-state index in [0.29, 0.717) is 30.3 Å². The number of hydrogen-bond acceptors (Lipinski definition) is 3. The second kappa shape index (κ2) is 8.72. The van der Waals surface area contributed by atoms with Gasteiger partial charge in [0.1, 0.15) is 5.75 Å². The van der Waals surface area contributed by atoms with Crippen LogP contribution in [0.25, 0.3) is 6.08 Å². The lowest BCUT2D eigenvalue weighted by Gasteiger charge is -2.23. The lowest BCUT2D eigenvalue weighted by atomic mass is 10.2. The molecule has 0 aliphatic rings. The Morgan fingerprint density at radius 1 is 1.04 bits per heavy atom. The van der Waals surface area contributed by atoms with Crippen molar-refractivity contribution in [1.29, 1.82) is 0 Å². The van der Waals surface area contributed by atoms with Crippen LogP contribution >= 0.6 is 0 Å². The Bertz CT molecular complexity index is 854. The molecule has 3 aromatic rings. The van der Waals surface area contributed by atoms with Crippen LogP contribution in [0.2, 0.25) is 0 Å². The first-order valence-corrected chi connectivity index (χ1v) is 8.58. The van der Waals surface area contributed by atoms with E-state index in [2.05, 4.69) is 0 Å². The van der Waals surface area contributed by atoms with Crippen molar-refractivity contribution in [2.75, 3.05) is 18.1 Å². The van der Waals surface area contributed by atoms with Gasteiger partial charge in [0.2, 0.25) is 0 Å². The molecule has 1 amide bonds. The number of furan rings is 1. The Kier molecular flexibility index (Phi) is 5.88. The fraction of sp³-hybridized carbons (Fsp3) is 0.136. The summed E-state index contributed by atoms with van der Waals surface area (Å²) in [6.45, 7) is 2.85. The summed E-state index contributed by atoms with van der Waals surface area (Å²) in [6, 6.07) is 20.9. The standard InChI is InChI=1S/C22H21NO3/c1-2-25-20-14-7-6-13-19(20)23(22(24)21-15-9-17-26-21)16-8-12-18-10-4-3-5-11-18/h3-15,17H,2,16H2,1H3/b12-8+. The number of anilines is 1. The first-order chi connectivity index (χ1) is 12.8. The highest BCUT2D eigenvalue weighted by molar-refractivity contribution is 6.05. The van der Waals surface area contributed by atoms with E-state index in [1.165, 1.54) is 6.26 Å². The molecule has 0 saturated heterocycles. The van der Waals surface area contributed by atoms with Crippen LogP contribution in [0.3, 0.4) is 0 Å². The number of rotatable bonds is 7. The van der Waals surface area contributed by atoms with Gasteiger partial charge in [-0.05, 0) is 36.8 Å². The van der Waals surface area contributed by atoms with Crippen LogP contribution in [0.5, 0.6) is 5.75 Å². The van der Waals surface area contributed by atoms with Gasteiger partial charge in [0.25, 0.3) is 5.91 Å². The molecule has 0 spiro atoms. The van der Waals surface area contributed by atoms with Crippen molar-refractivity contribution in [3.8, 4) is 5.75 Å². The molecule has 26 heavy (non-hydrogen) atoms. The van der Waals surface area contributed by atoms with Crippen LogP contribution in [-0.2, 0) is 0 Å². The third-order valence-electron chi connectivity index (χ3n) is 3.83. The normalized spacial score (nSPS) is 10.8. The lowest BCUT2D eigenvalue weighted by Crippen LogP contribution is -2.31. The van der Waals surface area contributed by atoms with Gasteiger partial charge in [-0.25, -0.2) is 0 Å². The first-order valence-electron chi connectivity index (χ1n) is 8.58. The Balaban J connectivity index is 1.89. The third kappa shape index (κ3) is 4.22. The molecule has 0 radical (unpaired) electrons. The van der Waals surface area contributed by atoms with Crippen LogP contribution < -0.4 is 9.64 Å². The fourth-order valence-electron chi connectivity index (χ4n) is 2.64. The SMILES string of the molecule is CCOc1ccccc1N(C/C=C/c1ccccc1)C(=O)c1ccco1. The maximum atomic E-state index is 12.9. The molecule has 132 valence electrons. The molecular weight excluding hydrogens is 326 g/mol. The van der Waals surface area contributed by atoms with E-state index < -0.39 is 0 Å². The van der Waals surface area contributed by atoms with Gasteiger partial charge in [-0.15, -0.1) is 0 Å². The number of ether oxygens (including phenoxy) is 1. The molecule has 0 unspecified atom stereocenters. The highest BCUT2D eigenvalue weighted by Crippen LogP contribution is 2.29. The molecule has 0 saturated carbocycles. The number of amides is 1. The molecule has 0 fully saturated rings. The predicted octanol–water partition coefficient (Wildman–Crippen LogP) is 5.04. The van der Waals surface area contributed by atoms with Gasteiger partial charge in [0.05, 0.1) is 18.6 Å². The molecule has 2 aromatic carbocycles. The molecule has 3 rings (SSSR count). The monoisotopic (exact) mass is 347 g/mol. The number of carbonyl (C=O) groups excluding carboxylic acids is 1. The molecule has 0 aliphatic heterocycles. The second-order valence-electron chi connectivity index (χ2n) is 5.61. The smallest absolute Gasteiger partial charge is 0.294 e. The molecule has 0 aliphatic carbocycles. The minimum atomic E-state index is -0.208. The lowest BCUT2D eigenvalue weighted by molar-refractivity contribution is 0.0962. The van der Waals surface area contributed by atoms with E-state index in [1.807, 2.05) is 73.7 Å². The van der Waals surface area contributed by atoms with Gasteiger partial charge >= 0.3 is 0 Å². The largest absolute Gasteiger partial charge is 0.492 e. The average molecular weight is 347 g/mol. The summed E-state index contributed by atoms with van der Waals surface area (Å²) in [4.78, 5) is 14.6. The third-order valence-corrected chi connectivity index (χ3v) is 3.83. The van der Waals surface area contributed by atoms with Crippen LogP contribution in [0.4, 0.5) is 5.69 Å². The zero-order valence-corrected chi connectivity index (χ0v) is 14.7. The quantitative estimate of drug-likeness (QED) is 0.601. The van der Waals surface area contributed by atoms with Gasteiger partial charge < -0.3 is 9.15 Å². The summed E-state index contributed by atoms with van der Waals surface area (Å²) in [5.74, 6) is 0.757. The maximum absolute atomic E-state index is 12.9. The molecular formula is C22H21NO3. The topological polar surface area (TPSA) is 42.7 Å². The average Bonchev–Trinajstić information content (AvgIpc) is 3.21. The highest BCUT2D eigenvalue weighted by Gasteiger charge is 2.21. The summed E-state index contributed by atoms with van der Waals surface area (Å²) in [5.41, 5.74) is 1.80. The number of benzene rings is 2. The fourth-order valence-corrected chi connectivity index (χ4v) is 2.64. The maximum Gasteiger partial charge on any atom is 0.294 e. The first kappa shape index (κ1) is 17.5. The van der Waals surface area contributed by atoms with Gasteiger partial charge in [-0.2, -0.15) is 0 Å². The van der Waals surface area contributed by atoms with E-state index in [1.54, 1.807) is 17.0 Å². The van der Waals surface area contributed by atoms with E-state index in [9.17, 15) is 4.79 Å². The van der Waals surface area contributed by atoms with Crippen molar-refractivity contribution in [3.05, 3.63) is 90.4 Å². The number of para-hydroxylation sites is 2. The van der Waals surface area contributed by atoms with Gasteiger partial charge in [0, 0.05) is 6.54 Å². The van der Waals surface area contributed by atoms with Crippen LogP contribution in [0.1, 0.15) is 23.0 Å². The summed E-state index contributed by atoms with van der Waals surface area (Å²) < 4.78 is 11.0. The van der Waals surface area contributed by atoms with E-state index in [-0.39, 0.29) is 5.91 Å². The van der Waals surface area contributed by atoms with Crippen LogP contribution in [-0.4, -0.2) is 19.1 Å². The van der Waals surface area contributed by atoms with E-state index >= 15 is 0 Å². The molecule has 0 bridgehead atoms. The van der Waals surface area contributed by atoms with Crippen molar-refractivity contribution in [2.45, 2.75) is 6.92 Å². The summed E-state index contributed by atoms with van der Waals surface area (Å²) in [6.07, 6.45) is 5.45. The Hall–Kier alpha value is -3.27. The van der Waals surface area contributed by atoms with Crippen molar-refractivity contribution in [1.82, 2.24) is 0 Å². The van der Waals surface area contributed by atoms with Crippen molar-refractivity contribution in [2.24, 2.45) is 0 Å². The minimum absolute atomic E-state index is 0.208. The molecule has 4 nitrogen and oxygen atoms in total. The summed E-state index contributed by atoms with van der Waals surface area (Å²) in [5, 5.41) is 0. The minimum Gasteiger partial charge on any atom is -0.492 e. The summed E-state index contributed by atoms with van der Waals surface area (Å²) in [7, 11) is 0. The van der Waals surface area contributed by atoms with Crippen molar-refractivity contribution >= 4 is 17.7 Å². The zero-order valence-electron chi connectivity index (χ0n) is 14.7. The Morgan fingerprint density at radius 2 is 1.81 bits per heavy atom. The van der Waals surface area contributed by atoms with Gasteiger partial charge in [-0.3, -0.25) is 9.69 Å². The van der Waals surface area contributed by atoms with E-state index in [0.717, 1.165) is 5.56 Å². The highest BCUT2D eigenvalue weighted by atomic mass is 16.5. The zero-order chi connectivity index (χ0) is 18.2. The van der Waals surface area contributed by atoms with Gasteiger partial charge in [-0.1, -0.05) is 54.6 Å². The van der Waals surface area contributed by atoms with Crippen LogP contribution in [0.15, 0.2) is 83.5 Å². The Morgan fingerprint density at radius 3 is 2.54 bits per heavy atom. The van der Waals surface area contributed by atoms with E-state index in [4.69, 9.17) is 9.15 Å². The predicted molar refractivity (Wildman–Crippen MR) is 103 cm³/mol. The number of nitrogens with zero attached hydrogens (tertiary/aromatic N) is 1. The number of hydrogen-bond donors (Lipinski definition) is 0. The molecule has 1 heterocycles. The molecule has 0 atom stereocenters. The molecule has 0 N–H and O–H groups in total. The molecule has 1 aromatic heterocycles. The molecule has 4 heteroatoms.